The van der Waals surface area contributed by atoms with Gasteiger partial charge in [-0.25, -0.2) is 9.59 Å². The number of hydrogen-bond acceptors (Lipinski definition) is 8. The molecule has 5 atom stereocenters. The Kier molecular flexibility index (Phi) is 16.3. The maximum Gasteiger partial charge on any atom is 0.341 e. The molecule has 65 heavy (non-hydrogen) atoms. The van der Waals surface area contributed by atoms with Gasteiger partial charge in [-0.3, -0.25) is 0 Å². The van der Waals surface area contributed by atoms with Gasteiger partial charge in [-0.05, 0) is 57.2 Å². The van der Waals surface area contributed by atoms with Crippen molar-refractivity contribution >= 4 is 30.6 Å². The molecule has 0 aromatic heterocycles. The molecule has 6 aromatic carbocycles. The van der Waals surface area contributed by atoms with Gasteiger partial charge in [0.15, 0.2) is 6.10 Å². The highest BCUT2D eigenvalue weighted by Gasteiger charge is 2.55. The van der Waals surface area contributed by atoms with E-state index in [0.29, 0.717) is 17.5 Å². The Labute approximate surface area is 385 Å². The molecule has 6 aromatic rings. The molecule has 0 N–H and O–H groups in total. The van der Waals surface area contributed by atoms with Gasteiger partial charge >= 0.3 is 11.9 Å². The third-order valence-electron chi connectivity index (χ3n) is 11.5. The van der Waals surface area contributed by atoms with E-state index >= 15 is 0 Å². The Morgan fingerprint density at radius 1 is 0.600 bits per heavy atom. The summed E-state index contributed by atoms with van der Waals surface area (Å²) in [5.74, 6) is 5.04. The molecule has 1 heterocycles. The summed E-state index contributed by atoms with van der Waals surface area (Å²) < 4.78 is 41.1. The Morgan fingerprint density at radius 3 is 1.66 bits per heavy atom. The van der Waals surface area contributed by atoms with Crippen LogP contribution in [-0.2, 0) is 41.3 Å². The van der Waals surface area contributed by atoms with Crippen molar-refractivity contribution in [2.45, 2.75) is 95.9 Å². The molecule has 9 heteroatoms. The molecule has 1 unspecified atom stereocenters. The number of esters is 2. The molecule has 1 saturated heterocycles. The number of carbonyl (C=O) groups excluding carboxylic acids is 2. The molecule has 0 saturated carbocycles. The van der Waals surface area contributed by atoms with Gasteiger partial charge in [-0.1, -0.05) is 198 Å². The van der Waals surface area contributed by atoms with Crippen molar-refractivity contribution in [3.8, 4) is 11.8 Å². The van der Waals surface area contributed by atoms with Crippen molar-refractivity contribution in [2.75, 3.05) is 6.61 Å². The number of hydrogen-bond donors (Lipinski definition) is 0. The van der Waals surface area contributed by atoms with Gasteiger partial charge in [-0.15, -0.1) is 0 Å². The first-order valence-electron chi connectivity index (χ1n) is 22.4. The summed E-state index contributed by atoms with van der Waals surface area (Å²) in [5, 5.41) is 1.81. The first-order valence-corrected chi connectivity index (χ1v) is 24.3. The van der Waals surface area contributed by atoms with Crippen LogP contribution in [0.4, 0.5) is 0 Å². The number of carbonyl (C=O) groups is 2. The zero-order valence-electron chi connectivity index (χ0n) is 37.6. The summed E-state index contributed by atoms with van der Waals surface area (Å²) in [6, 6.07) is 56.0. The molecule has 0 amide bonds. The first kappa shape index (κ1) is 46.9. The van der Waals surface area contributed by atoms with Crippen LogP contribution in [0.3, 0.4) is 0 Å². The van der Waals surface area contributed by atoms with E-state index in [1.165, 1.54) is 0 Å². The Balaban J connectivity index is 1.34. The van der Waals surface area contributed by atoms with Crippen LogP contribution in [0, 0.1) is 11.8 Å². The molecule has 0 aliphatic carbocycles. The van der Waals surface area contributed by atoms with E-state index in [4.69, 9.17) is 28.1 Å². The largest absolute Gasteiger partial charge is 0.449 e. The van der Waals surface area contributed by atoms with Crippen molar-refractivity contribution < 1.29 is 37.7 Å². The van der Waals surface area contributed by atoms with Gasteiger partial charge in [0.05, 0.1) is 30.9 Å². The zero-order chi connectivity index (χ0) is 45.5. The molecule has 1 fully saturated rings. The second-order valence-electron chi connectivity index (χ2n) is 17.1. The number of benzene rings is 6. The Morgan fingerprint density at radius 2 is 1.11 bits per heavy atom. The first-order chi connectivity index (χ1) is 31.7. The lowest BCUT2D eigenvalue weighted by Crippen LogP contribution is -2.68. The van der Waals surface area contributed by atoms with Crippen LogP contribution in [0.15, 0.2) is 176 Å². The average molecular weight is 887 g/mol. The summed E-state index contributed by atoms with van der Waals surface area (Å²) in [5.41, 5.74) is 2.90. The van der Waals surface area contributed by atoms with Crippen LogP contribution in [0.1, 0.15) is 84.4 Å². The molecular weight excluding hydrogens is 829 g/mol. The van der Waals surface area contributed by atoms with Crippen LogP contribution in [0.25, 0.3) is 0 Å². The lowest BCUT2D eigenvalue weighted by Gasteiger charge is -2.47. The topological polar surface area (TPSA) is 89.5 Å². The van der Waals surface area contributed by atoms with Gasteiger partial charge in [0.25, 0.3) is 8.32 Å². The van der Waals surface area contributed by atoms with E-state index in [0.717, 1.165) is 34.3 Å². The van der Waals surface area contributed by atoms with Gasteiger partial charge < -0.3 is 28.1 Å². The minimum absolute atomic E-state index is 0.0187. The summed E-state index contributed by atoms with van der Waals surface area (Å²) in [7, 11) is -3.15. The smallest absolute Gasteiger partial charge is 0.341 e. The van der Waals surface area contributed by atoms with E-state index in [9.17, 15) is 9.59 Å². The van der Waals surface area contributed by atoms with Crippen LogP contribution < -0.4 is 10.4 Å². The lowest BCUT2D eigenvalue weighted by atomic mass is 9.97. The SMILES string of the molecule is CCCCC#Cc1ccccc1C(=O)OC1O[C@H](CO[Si](c2ccccc2)(c2ccccc2)C(C)(C)C)[C@H](OCc2ccccc2)[C@H](OCc2ccccc2)[C@H]1OC(=O)c1ccccc1. The normalized spacial score (nSPS) is 18.5. The van der Waals surface area contributed by atoms with E-state index in [2.05, 4.69) is 63.8 Å². The van der Waals surface area contributed by atoms with E-state index in [-0.39, 0.29) is 30.4 Å². The molecular formula is C56H58O8Si. The van der Waals surface area contributed by atoms with Crippen LogP contribution in [0.2, 0.25) is 5.04 Å². The number of ether oxygens (including phenoxy) is 5. The summed E-state index contributed by atoms with van der Waals surface area (Å²) in [6.45, 7) is 9.08. The van der Waals surface area contributed by atoms with Crippen molar-refractivity contribution in [3.63, 3.8) is 0 Å². The van der Waals surface area contributed by atoms with Crippen molar-refractivity contribution in [2.24, 2.45) is 0 Å². The Hall–Kier alpha value is -6.12. The van der Waals surface area contributed by atoms with E-state index in [1.807, 2.05) is 109 Å². The molecule has 0 bridgehead atoms. The second kappa shape index (κ2) is 22.7. The fraction of sp³-hybridized carbons (Fsp3) is 0.286. The third kappa shape index (κ3) is 11.8. The highest BCUT2D eigenvalue weighted by molar-refractivity contribution is 6.99. The molecule has 1 aliphatic heterocycles. The Bertz CT molecular complexity index is 2430. The highest BCUT2D eigenvalue weighted by atomic mass is 28.4. The molecule has 334 valence electrons. The van der Waals surface area contributed by atoms with Gasteiger partial charge in [0, 0.05) is 12.0 Å². The van der Waals surface area contributed by atoms with Gasteiger partial charge in [0.1, 0.15) is 18.3 Å². The maximum absolute atomic E-state index is 14.5. The van der Waals surface area contributed by atoms with E-state index < -0.39 is 51.0 Å². The number of unbranched alkanes of at least 4 members (excludes halogenated alkanes) is 2. The average Bonchev–Trinajstić information content (AvgIpc) is 3.34. The van der Waals surface area contributed by atoms with Crippen LogP contribution in [-0.4, -0.2) is 57.6 Å². The summed E-state index contributed by atoms with van der Waals surface area (Å²) in [4.78, 5) is 28.7. The molecule has 0 spiro atoms. The fourth-order valence-corrected chi connectivity index (χ4v) is 12.8. The zero-order valence-corrected chi connectivity index (χ0v) is 38.6. The van der Waals surface area contributed by atoms with Crippen LogP contribution in [0.5, 0.6) is 0 Å². The third-order valence-corrected chi connectivity index (χ3v) is 16.5. The quantitative estimate of drug-likeness (QED) is 0.0387. The molecule has 1 aliphatic rings. The van der Waals surface area contributed by atoms with Crippen LogP contribution >= 0.6 is 0 Å². The standard InChI is InChI=1S/C56H58O8Si/c1-5-6-7-17-30-44-31-24-25-38-48(44)54(58)64-55-52(63-53(57)45-32-18-10-19-33-45)51(60-40-43-28-15-9-16-29-43)50(59-39-42-26-13-8-14-27-42)49(62-55)41-61-65(56(2,3)4,46-34-20-11-21-35-46)47-36-22-12-23-37-47/h8-16,18-29,31-38,49-52,55H,5-7,39-41H2,1-4H3/t49-,50+,51+,52-,55?/m1/s1. The van der Waals surface area contributed by atoms with Gasteiger partial charge in [0.2, 0.25) is 6.29 Å². The predicted molar refractivity (Wildman–Crippen MR) is 256 cm³/mol. The summed E-state index contributed by atoms with van der Waals surface area (Å²) in [6.07, 6.45) is -2.91. The van der Waals surface area contributed by atoms with E-state index in [1.54, 1.807) is 42.5 Å². The minimum atomic E-state index is -3.15. The highest BCUT2D eigenvalue weighted by Crippen LogP contribution is 2.39. The fourth-order valence-electron chi connectivity index (χ4n) is 8.25. The van der Waals surface area contributed by atoms with Crippen molar-refractivity contribution in [3.05, 3.63) is 204 Å². The lowest BCUT2D eigenvalue weighted by molar-refractivity contribution is -0.301. The van der Waals surface area contributed by atoms with Crippen molar-refractivity contribution in [1.82, 2.24) is 0 Å². The van der Waals surface area contributed by atoms with Crippen molar-refractivity contribution in [1.29, 1.82) is 0 Å². The number of rotatable bonds is 17. The molecule has 7 rings (SSSR count). The second-order valence-corrected chi connectivity index (χ2v) is 21.4. The summed E-state index contributed by atoms with van der Waals surface area (Å²) >= 11 is 0. The van der Waals surface area contributed by atoms with Gasteiger partial charge in [-0.2, -0.15) is 0 Å². The maximum atomic E-state index is 14.5. The monoisotopic (exact) mass is 886 g/mol. The molecule has 0 radical (unpaired) electrons. The minimum Gasteiger partial charge on any atom is -0.449 e. The predicted octanol–water partition coefficient (Wildman–Crippen LogP) is 10.1. The molecule has 8 nitrogen and oxygen atoms in total.